The number of rotatable bonds is 5. The number of benzene rings is 1. The van der Waals surface area contributed by atoms with Crippen LogP contribution in [-0.4, -0.2) is 16.2 Å². The number of imidazole rings is 1. The van der Waals surface area contributed by atoms with Crippen LogP contribution in [0, 0.1) is 11.3 Å². The zero-order valence-electron chi connectivity index (χ0n) is 9.41. The van der Waals surface area contributed by atoms with Crippen LogP contribution >= 0.6 is 0 Å². The summed E-state index contributed by atoms with van der Waals surface area (Å²) in [5, 5.41) is 8.65. The van der Waals surface area contributed by atoms with Gasteiger partial charge >= 0.3 is 0 Å². The molecule has 1 aromatic heterocycles. The minimum absolute atomic E-state index is 0.649. The van der Waals surface area contributed by atoms with Crippen LogP contribution in [0.2, 0.25) is 0 Å². The normalized spacial score (nSPS) is 9.82. The van der Waals surface area contributed by atoms with Crippen LogP contribution in [0.1, 0.15) is 12.0 Å². The molecule has 0 N–H and O–H groups in total. The Kier molecular flexibility index (Phi) is 3.77. The number of aryl methyl sites for hydroxylation is 1. The van der Waals surface area contributed by atoms with Crippen molar-refractivity contribution < 1.29 is 4.74 Å². The van der Waals surface area contributed by atoms with E-state index < -0.39 is 0 Å². The topological polar surface area (TPSA) is 50.8 Å². The van der Waals surface area contributed by atoms with Gasteiger partial charge in [-0.15, -0.1) is 0 Å². The number of hydrogen-bond acceptors (Lipinski definition) is 3. The summed E-state index contributed by atoms with van der Waals surface area (Å²) in [6, 6.07) is 9.21. The molecule has 86 valence electrons. The molecule has 0 saturated heterocycles. The fourth-order valence-corrected chi connectivity index (χ4v) is 1.48. The van der Waals surface area contributed by atoms with Crippen molar-refractivity contribution in [3.8, 4) is 11.8 Å². The molecular weight excluding hydrogens is 214 g/mol. The fraction of sp³-hybridized carbons (Fsp3) is 0.231. The van der Waals surface area contributed by atoms with Gasteiger partial charge in [0.15, 0.2) is 0 Å². The van der Waals surface area contributed by atoms with Gasteiger partial charge in [-0.3, -0.25) is 0 Å². The van der Waals surface area contributed by atoms with Crippen molar-refractivity contribution in [3.05, 3.63) is 48.5 Å². The van der Waals surface area contributed by atoms with E-state index in [1.165, 1.54) is 0 Å². The molecule has 0 amide bonds. The van der Waals surface area contributed by atoms with Crippen LogP contribution in [0.5, 0.6) is 5.75 Å². The Morgan fingerprint density at radius 2 is 2.12 bits per heavy atom. The third-order valence-electron chi connectivity index (χ3n) is 2.37. The average Bonchev–Trinajstić information content (AvgIpc) is 2.88. The molecule has 0 aliphatic rings. The van der Waals surface area contributed by atoms with Crippen molar-refractivity contribution in [1.29, 1.82) is 5.26 Å². The first-order valence-electron chi connectivity index (χ1n) is 5.47. The molecule has 1 heterocycles. The molecule has 2 aromatic rings. The van der Waals surface area contributed by atoms with E-state index in [-0.39, 0.29) is 0 Å². The molecule has 17 heavy (non-hydrogen) atoms. The Hall–Kier alpha value is -2.28. The van der Waals surface area contributed by atoms with Gasteiger partial charge in [0.25, 0.3) is 0 Å². The van der Waals surface area contributed by atoms with Gasteiger partial charge in [0.1, 0.15) is 5.75 Å². The number of hydrogen-bond donors (Lipinski definition) is 0. The maximum absolute atomic E-state index is 8.65. The average molecular weight is 227 g/mol. The predicted octanol–water partition coefficient (Wildman–Crippen LogP) is 2.22. The molecule has 0 bridgehead atoms. The summed E-state index contributed by atoms with van der Waals surface area (Å²) in [7, 11) is 0. The zero-order valence-corrected chi connectivity index (χ0v) is 9.41. The lowest BCUT2D eigenvalue weighted by Crippen LogP contribution is -2.02. The van der Waals surface area contributed by atoms with Crippen molar-refractivity contribution in [2.75, 3.05) is 6.61 Å². The van der Waals surface area contributed by atoms with Crippen molar-refractivity contribution in [2.45, 2.75) is 13.0 Å². The number of ether oxygens (including phenoxy) is 1. The second kappa shape index (κ2) is 5.71. The molecular formula is C13H13N3O. The van der Waals surface area contributed by atoms with E-state index >= 15 is 0 Å². The molecule has 0 fully saturated rings. The van der Waals surface area contributed by atoms with Crippen LogP contribution in [0.4, 0.5) is 0 Å². The zero-order chi connectivity index (χ0) is 11.9. The Labute approximate surface area is 100 Å². The molecule has 0 atom stereocenters. The minimum Gasteiger partial charge on any atom is -0.494 e. The summed E-state index contributed by atoms with van der Waals surface area (Å²) >= 11 is 0. The van der Waals surface area contributed by atoms with Crippen LogP contribution in [0.3, 0.4) is 0 Å². The second-order valence-electron chi connectivity index (χ2n) is 3.64. The van der Waals surface area contributed by atoms with Gasteiger partial charge in [-0.05, 0) is 30.7 Å². The van der Waals surface area contributed by atoms with Crippen LogP contribution < -0.4 is 4.74 Å². The van der Waals surface area contributed by atoms with Crippen molar-refractivity contribution in [2.24, 2.45) is 0 Å². The SMILES string of the molecule is N#Cc1ccc(OCCCn2ccnc2)cc1. The van der Waals surface area contributed by atoms with Crippen LogP contribution in [0.15, 0.2) is 43.0 Å². The maximum atomic E-state index is 8.65. The Balaban J connectivity index is 1.73. The first-order chi connectivity index (χ1) is 8.38. The monoisotopic (exact) mass is 227 g/mol. The van der Waals surface area contributed by atoms with Gasteiger partial charge in [0.2, 0.25) is 0 Å². The van der Waals surface area contributed by atoms with E-state index in [4.69, 9.17) is 10.00 Å². The lowest BCUT2D eigenvalue weighted by atomic mass is 10.2. The first-order valence-corrected chi connectivity index (χ1v) is 5.47. The fourth-order valence-electron chi connectivity index (χ4n) is 1.48. The molecule has 0 unspecified atom stereocenters. The third kappa shape index (κ3) is 3.35. The maximum Gasteiger partial charge on any atom is 0.119 e. The predicted molar refractivity (Wildman–Crippen MR) is 63.5 cm³/mol. The Bertz CT molecular complexity index is 482. The molecule has 0 radical (unpaired) electrons. The molecule has 0 aliphatic heterocycles. The first kappa shape index (κ1) is 11.2. The van der Waals surface area contributed by atoms with Crippen LogP contribution in [-0.2, 0) is 6.54 Å². The Morgan fingerprint density at radius 1 is 1.29 bits per heavy atom. The molecule has 2 rings (SSSR count). The molecule has 0 saturated carbocycles. The van der Waals surface area contributed by atoms with E-state index in [2.05, 4.69) is 11.1 Å². The molecule has 4 nitrogen and oxygen atoms in total. The van der Waals surface area contributed by atoms with E-state index in [0.29, 0.717) is 12.2 Å². The van der Waals surface area contributed by atoms with Crippen molar-refractivity contribution in [3.63, 3.8) is 0 Å². The summed E-state index contributed by atoms with van der Waals surface area (Å²) in [4.78, 5) is 3.97. The van der Waals surface area contributed by atoms with Gasteiger partial charge in [0, 0.05) is 18.9 Å². The number of nitrogens with zero attached hydrogens (tertiary/aromatic N) is 3. The summed E-state index contributed by atoms with van der Waals surface area (Å²) in [5.74, 6) is 0.801. The number of aromatic nitrogens is 2. The standard InChI is InChI=1S/C13H13N3O/c14-10-12-2-4-13(5-3-12)17-9-1-7-16-8-6-15-11-16/h2-6,8,11H,1,7,9H2. The van der Waals surface area contributed by atoms with Crippen molar-refractivity contribution in [1.82, 2.24) is 9.55 Å². The molecule has 0 spiro atoms. The van der Waals surface area contributed by atoms with Crippen molar-refractivity contribution >= 4 is 0 Å². The molecule has 1 aromatic carbocycles. The molecule has 0 aliphatic carbocycles. The van der Waals surface area contributed by atoms with E-state index in [0.717, 1.165) is 18.7 Å². The minimum atomic E-state index is 0.649. The van der Waals surface area contributed by atoms with Gasteiger partial charge < -0.3 is 9.30 Å². The highest BCUT2D eigenvalue weighted by molar-refractivity contribution is 5.34. The summed E-state index contributed by atoms with van der Waals surface area (Å²) in [5.41, 5.74) is 0.649. The largest absolute Gasteiger partial charge is 0.494 e. The lowest BCUT2D eigenvalue weighted by molar-refractivity contribution is 0.302. The highest BCUT2D eigenvalue weighted by Gasteiger charge is 1.95. The van der Waals surface area contributed by atoms with Gasteiger partial charge in [-0.25, -0.2) is 4.98 Å². The summed E-state index contributed by atoms with van der Waals surface area (Å²) in [6.45, 7) is 1.56. The molecule has 4 heteroatoms. The highest BCUT2D eigenvalue weighted by Crippen LogP contribution is 2.11. The van der Waals surface area contributed by atoms with Gasteiger partial charge in [-0.2, -0.15) is 5.26 Å². The highest BCUT2D eigenvalue weighted by atomic mass is 16.5. The van der Waals surface area contributed by atoms with Crippen LogP contribution in [0.25, 0.3) is 0 Å². The van der Waals surface area contributed by atoms with E-state index in [1.54, 1.807) is 24.7 Å². The van der Waals surface area contributed by atoms with E-state index in [1.807, 2.05) is 22.9 Å². The van der Waals surface area contributed by atoms with E-state index in [9.17, 15) is 0 Å². The summed E-state index contributed by atoms with van der Waals surface area (Å²) in [6.07, 6.45) is 6.42. The summed E-state index contributed by atoms with van der Waals surface area (Å²) < 4.78 is 7.58. The second-order valence-corrected chi connectivity index (χ2v) is 3.64. The lowest BCUT2D eigenvalue weighted by Gasteiger charge is -2.06. The van der Waals surface area contributed by atoms with Gasteiger partial charge in [0.05, 0.1) is 24.6 Å². The smallest absolute Gasteiger partial charge is 0.119 e. The number of nitriles is 1. The van der Waals surface area contributed by atoms with Gasteiger partial charge in [-0.1, -0.05) is 0 Å². The third-order valence-corrected chi connectivity index (χ3v) is 2.37. The quantitative estimate of drug-likeness (QED) is 0.736. The Morgan fingerprint density at radius 3 is 2.76 bits per heavy atom.